The van der Waals surface area contributed by atoms with Gasteiger partial charge in [0, 0.05) is 13.1 Å². The van der Waals surface area contributed by atoms with Crippen LogP contribution in [0.3, 0.4) is 0 Å². The molecule has 2 heterocycles. The Labute approximate surface area is 114 Å². The van der Waals surface area contributed by atoms with Gasteiger partial charge in [-0.3, -0.25) is 4.98 Å². The number of nitrogens with zero attached hydrogens (tertiary/aromatic N) is 2. The maximum atomic E-state index is 12.5. The van der Waals surface area contributed by atoms with Crippen LogP contribution in [-0.2, 0) is 10.9 Å². The van der Waals surface area contributed by atoms with Gasteiger partial charge in [-0.05, 0) is 13.8 Å². The molecule has 0 unspecified atom stereocenters. The summed E-state index contributed by atoms with van der Waals surface area (Å²) in [5.41, 5.74) is -1.00. The monoisotopic (exact) mass is 290 g/mol. The van der Waals surface area contributed by atoms with Crippen molar-refractivity contribution in [1.29, 1.82) is 0 Å². The Bertz CT molecular complexity index is 455. The molecule has 1 fully saturated rings. The average Bonchev–Trinajstić information content (AvgIpc) is 2.37. The molecule has 1 saturated heterocycles. The molecule has 1 aliphatic heterocycles. The number of alkyl halides is 3. The highest BCUT2D eigenvalue weighted by atomic mass is 19.4. The predicted molar refractivity (Wildman–Crippen MR) is 67.3 cm³/mol. The molecular weight excluding hydrogens is 273 g/mol. The van der Waals surface area contributed by atoms with Crippen LogP contribution in [-0.4, -0.2) is 41.3 Å². The molecule has 5 nitrogen and oxygen atoms in total. The molecule has 0 saturated carbocycles. The Kier molecular flexibility index (Phi) is 4.44. The maximum Gasteiger partial charge on any atom is 0.434 e. The van der Waals surface area contributed by atoms with Gasteiger partial charge >= 0.3 is 6.18 Å². The molecule has 20 heavy (non-hydrogen) atoms. The topological polar surface area (TPSA) is 59.1 Å². The summed E-state index contributed by atoms with van der Waals surface area (Å²) in [5, 5.41) is 6.13. The molecule has 0 bridgehead atoms. The zero-order chi connectivity index (χ0) is 14.8. The zero-order valence-electron chi connectivity index (χ0n) is 11.2. The summed E-state index contributed by atoms with van der Waals surface area (Å²) in [6.45, 7) is 5.02. The fourth-order valence-electron chi connectivity index (χ4n) is 2.03. The minimum Gasteiger partial charge on any atom is -0.373 e. The Morgan fingerprint density at radius 2 is 2.15 bits per heavy atom. The molecule has 0 radical (unpaired) electrons. The lowest BCUT2D eigenvalue weighted by Gasteiger charge is -2.34. The summed E-state index contributed by atoms with van der Waals surface area (Å²) in [7, 11) is 0. The van der Waals surface area contributed by atoms with Gasteiger partial charge in [0.2, 0.25) is 0 Å². The number of morpholine rings is 1. The van der Waals surface area contributed by atoms with Gasteiger partial charge in [-0.25, -0.2) is 4.98 Å². The normalized spacial score (nSPS) is 27.4. The molecule has 8 heteroatoms. The number of aromatic nitrogens is 2. The van der Waals surface area contributed by atoms with Crippen molar-refractivity contribution in [2.75, 3.05) is 18.4 Å². The number of nitrogens with one attached hydrogen (secondary N) is 2. The summed E-state index contributed by atoms with van der Waals surface area (Å²) in [6.07, 6.45) is -2.40. The largest absolute Gasteiger partial charge is 0.434 e. The van der Waals surface area contributed by atoms with E-state index in [9.17, 15) is 13.2 Å². The standard InChI is InChI=1S/C12H17F3N4O/c1-7-3-17-9(8(2)20-7)4-18-11-6-16-5-10(19-11)12(13,14)15/h5-9,17H,3-4H2,1-2H3,(H,18,19)/t7-,8-,9+/m0/s1. The van der Waals surface area contributed by atoms with E-state index in [0.29, 0.717) is 19.3 Å². The van der Waals surface area contributed by atoms with Crippen molar-refractivity contribution in [1.82, 2.24) is 15.3 Å². The average molecular weight is 290 g/mol. The van der Waals surface area contributed by atoms with Crippen molar-refractivity contribution in [3.05, 3.63) is 18.1 Å². The van der Waals surface area contributed by atoms with Gasteiger partial charge in [0.25, 0.3) is 0 Å². The third-order valence-electron chi connectivity index (χ3n) is 3.11. The number of hydrogen-bond donors (Lipinski definition) is 2. The highest BCUT2D eigenvalue weighted by Gasteiger charge is 2.33. The summed E-state index contributed by atoms with van der Waals surface area (Å²) in [5.74, 6) is 0.104. The molecular formula is C12H17F3N4O. The first-order valence-electron chi connectivity index (χ1n) is 6.38. The first-order chi connectivity index (χ1) is 9.36. The lowest BCUT2D eigenvalue weighted by molar-refractivity contribution is -0.141. The minimum absolute atomic E-state index is 0.0162. The van der Waals surface area contributed by atoms with Gasteiger partial charge < -0.3 is 15.4 Å². The van der Waals surface area contributed by atoms with Crippen molar-refractivity contribution < 1.29 is 17.9 Å². The predicted octanol–water partition coefficient (Wildman–Crippen LogP) is 1.67. The second-order valence-corrected chi connectivity index (χ2v) is 4.83. The molecule has 0 spiro atoms. The van der Waals surface area contributed by atoms with Crippen LogP contribution in [0, 0.1) is 0 Å². The lowest BCUT2D eigenvalue weighted by atomic mass is 10.1. The quantitative estimate of drug-likeness (QED) is 0.887. The van der Waals surface area contributed by atoms with Crippen molar-refractivity contribution in [3.8, 4) is 0 Å². The fourth-order valence-corrected chi connectivity index (χ4v) is 2.03. The number of rotatable bonds is 3. The van der Waals surface area contributed by atoms with Crippen LogP contribution in [0.15, 0.2) is 12.4 Å². The van der Waals surface area contributed by atoms with Crippen LogP contribution in [0.4, 0.5) is 19.0 Å². The smallest absolute Gasteiger partial charge is 0.373 e. The summed E-state index contributed by atoms with van der Waals surface area (Å²) in [6, 6.07) is 0.0162. The number of hydrogen-bond acceptors (Lipinski definition) is 5. The summed E-state index contributed by atoms with van der Waals surface area (Å²) >= 11 is 0. The van der Waals surface area contributed by atoms with Gasteiger partial charge in [0.1, 0.15) is 5.82 Å². The highest BCUT2D eigenvalue weighted by Crippen LogP contribution is 2.27. The number of halogens is 3. The van der Waals surface area contributed by atoms with Crippen molar-refractivity contribution >= 4 is 5.82 Å². The van der Waals surface area contributed by atoms with E-state index in [4.69, 9.17) is 4.74 Å². The molecule has 0 amide bonds. The molecule has 2 N–H and O–H groups in total. The molecule has 112 valence electrons. The zero-order valence-corrected chi connectivity index (χ0v) is 11.2. The third kappa shape index (κ3) is 3.80. The second-order valence-electron chi connectivity index (χ2n) is 4.83. The van der Waals surface area contributed by atoms with Gasteiger partial charge in [0.15, 0.2) is 5.69 Å². The first kappa shape index (κ1) is 15.0. The van der Waals surface area contributed by atoms with E-state index in [2.05, 4.69) is 20.6 Å². The van der Waals surface area contributed by atoms with Crippen LogP contribution in [0.1, 0.15) is 19.5 Å². The van der Waals surface area contributed by atoms with E-state index in [1.54, 1.807) is 0 Å². The van der Waals surface area contributed by atoms with Gasteiger partial charge in [-0.2, -0.15) is 13.2 Å². The summed E-state index contributed by atoms with van der Waals surface area (Å²) < 4.78 is 43.2. The van der Waals surface area contributed by atoms with E-state index >= 15 is 0 Å². The Morgan fingerprint density at radius 3 is 2.80 bits per heavy atom. The lowest BCUT2D eigenvalue weighted by Crippen LogP contribution is -2.53. The van der Waals surface area contributed by atoms with Crippen molar-refractivity contribution in [2.24, 2.45) is 0 Å². The van der Waals surface area contributed by atoms with E-state index in [1.807, 2.05) is 13.8 Å². The number of ether oxygens (including phenoxy) is 1. The van der Waals surface area contributed by atoms with Crippen LogP contribution in [0.5, 0.6) is 0 Å². The molecule has 3 atom stereocenters. The summed E-state index contributed by atoms with van der Waals surface area (Å²) in [4.78, 5) is 7.05. The van der Waals surface area contributed by atoms with Crippen molar-refractivity contribution in [3.63, 3.8) is 0 Å². The van der Waals surface area contributed by atoms with E-state index in [-0.39, 0.29) is 24.1 Å². The van der Waals surface area contributed by atoms with Crippen LogP contribution >= 0.6 is 0 Å². The van der Waals surface area contributed by atoms with E-state index < -0.39 is 11.9 Å². The Balaban J connectivity index is 1.94. The second kappa shape index (κ2) is 5.92. The van der Waals surface area contributed by atoms with E-state index in [0.717, 1.165) is 0 Å². The third-order valence-corrected chi connectivity index (χ3v) is 3.11. The fraction of sp³-hybridized carbons (Fsp3) is 0.667. The van der Waals surface area contributed by atoms with Crippen LogP contribution < -0.4 is 10.6 Å². The molecule has 1 aromatic rings. The Hall–Kier alpha value is -1.41. The highest BCUT2D eigenvalue weighted by molar-refractivity contribution is 5.32. The maximum absolute atomic E-state index is 12.5. The van der Waals surface area contributed by atoms with Gasteiger partial charge in [-0.1, -0.05) is 0 Å². The molecule has 1 aromatic heterocycles. The Morgan fingerprint density at radius 1 is 1.40 bits per heavy atom. The number of anilines is 1. The first-order valence-corrected chi connectivity index (χ1v) is 6.38. The van der Waals surface area contributed by atoms with E-state index in [1.165, 1.54) is 6.20 Å². The SMILES string of the molecule is C[C@@H]1O[C@@H](C)CN[C@@H]1CNc1cncc(C(F)(F)F)n1. The van der Waals surface area contributed by atoms with Crippen LogP contribution in [0.25, 0.3) is 0 Å². The van der Waals surface area contributed by atoms with Crippen LogP contribution in [0.2, 0.25) is 0 Å². The molecule has 0 aliphatic carbocycles. The minimum atomic E-state index is -4.49. The molecule has 2 rings (SSSR count). The molecule has 0 aromatic carbocycles. The van der Waals surface area contributed by atoms with Gasteiger partial charge in [-0.15, -0.1) is 0 Å². The van der Waals surface area contributed by atoms with Crippen molar-refractivity contribution in [2.45, 2.75) is 38.3 Å². The van der Waals surface area contributed by atoms with Gasteiger partial charge in [0.05, 0.1) is 30.6 Å². The molecule has 1 aliphatic rings.